The van der Waals surface area contributed by atoms with Gasteiger partial charge in [-0.05, 0) is 57.5 Å². The van der Waals surface area contributed by atoms with Crippen molar-refractivity contribution in [1.29, 1.82) is 5.26 Å². The zero-order valence-electron chi connectivity index (χ0n) is 16.5. The molecule has 1 aliphatic rings. The van der Waals surface area contributed by atoms with Gasteiger partial charge in [0.05, 0.1) is 11.3 Å². The van der Waals surface area contributed by atoms with Crippen molar-refractivity contribution in [1.82, 2.24) is 9.88 Å². The number of hydrogen-bond donors (Lipinski definition) is 1. The Kier molecular flexibility index (Phi) is 8.41. The summed E-state index contributed by atoms with van der Waals surface area (Å²) >= 11 is 3.55. The van der Waals surface area contributed by atoms with Gasteiger partial charge in [-0.1, -0.05) is 18.6 Å². The van der Waals surface area contributed by atoms with Gasteiger partial charge in [0.15, 0.2) is 0 Å². The molecule has 0 aromatic carbocycles. The smallest absolute Gasteiger partial charge is 0.107 e. The molecular formula is C22H28N4S2. The summed E-state index contributed by atoms with van der Waals surface area (Å²) in [6.45, 7) is 6.45. The average Bonchev–Trinajstić information content (AvgIpc) is 3.14. The highest BCUT2D eigenvalue weighted by molar-refractivity contribution is 8.08. The third kappa shape index (κ3) is 6.10. The van der Waals surface area contributed by atoms with Crippen LogP contribution in [-0.4, -0.2) is 41.8 Å². The molecule has 2 aromatic heterocycles. The number of nitrogens with zero attached hydrogens (tertiary/aromatic N) is 3. The van der Waals surface area contributed by atoms with E-state index in [4.69, 9.17) is 0 Å². The van der Waals surface area contributed by atoms with Crippen molar-refractivity contribution in [2.24, 2.45) is 0 Å². The van der Waals surface area contributed by atoms with E-state index >= 15 is 0 Å². The third-order valence-electron chi connectivity index (χ3n) is 4.85. The van der Waals surface area contributed by atoms with E-state index in [1.54, 1.807) is 11.3 Å². The SMILES string of the molecule is C/C=C(\SCCc1cc(C#N)c(NCCN2CCCCC2)s1)c1ccccn1. The van der Waals surface area contributed by atoms with Gasteiger partial charge in [-0.2, -0.15) is 5.26 Å². The Labute approximate surface area is 176 Å². The van der Waals surface area contributed by atoms with Crippen LogP contribution in [-0.2, 0) is 6.42 Å². The molecule has 6 heteroatoms. The molecule has 0 spiro atoms. The third-order valence-corrected chi connectivity index (χ3v) is 7.17. The summed E-state index contributed by atoms with van der Waals surface area (Å²) in [5.74, 6) is 0.981. The van der Waals surface area contributed by atoms with Crippen LogP contribution in [0.3, 0.4) is 0 Å². The van der Waals surface area contributed by atoms with E-state index < -0.39 is 0 Å². The lowest BCUT2D eigenvalue weighted by Gasteiger charge is -2.26. The van der Waals surface area contributed by atoms with E-state index in [0.717, 1.165) is 41.5 Å². The van der Waals surface area contributed by atoms with Gasteiger partial charge in [0.1, 0.15) is 11.1 Å². The van der Waals surface area contributed by atoms with Crippen LogP contribution < -0.4 is 5.32 Å². The molecule has 0 atom stereocenters. The number of hydrogen-bond acceptors (Lipinski definition) is 6. The minimum absolute atomic E-state index is 0.777. The Morgan fingerprint density at radius 3 is 2.93 bits per heavy atom. The molecule has 1 saturated heterocycles. The molecule has 0 unspecified atom stereocenters. The van der Waals surface area contributed by atoms with E-state index in [-0.39, 0.29) is 0 Å². The molecule has 1 fully saturated rings. The van der Waals surface area contributed by atoms with Crippen LogP contribution >= 0.6 is 23.1 Å². The number of nitrogens with one attached hydrogen (secondary N) is 1. The highest BCUT2D eigenvalue weighted by Crippen LogP contribution is 2.31. The number of rotatable bonds is 9. The van der Waals surface area contributed by atoms with Crippen LogP contribution in [0.5, 0.6) is 0 Å². The molecule has 3 rings (SSSR count). The van der Waals surface area contributed by atoms with E-state index in [0.29, 0.717) is 0 Å². The number of nitriles is 1. The van der Waals surface area contributed by atoms with Gasteiger partial charge in [0, 0.05) is 34.8 Å². The second kappa shape index (κ2) is 11.3. The number of allylic oxidation sites excluding steroid dienone is 1. The van der Waals surface area contributed by atoms with Gasteiger partial charge in [0.25, 0.3) is 0 Å². The van der Waals surface area contributed by atoms with Crippen molar-refractivity contribution < 1.29 is 0 Å². The number of piperidine rings is 1. The fraction of sp³-hybridized carbons (Fsp3) is 0.455. The second-order valence-corrected chi connectivity index (χ2v) is 9.14. The van der Waals surface area contributed by atoms with E-state index in [1.165, 1.54) is 42.1 Å². The van der Waals surface area contributed by atoms with Gasteiger partial charge >= 0.3 is 0 Å². The normalized spacial score (nSPS) is 15.4. The van der Waals surface area contributed by atoms with Gasteiger partial charge in [-0.3, -0.25) is 4.98 Å². The zero-order valence-corrected chi connectivity index (χ0v) is 18.1. The standard InChI is InChI=1S/C22H28N4S2/c1-2-21(20-8-4-5-10-24-20)27-15-9-19-16-18(17-23)22(28-19)25-11-14-26-12-6-3-7-13-26/h2,4-5,8,10,16,25H,3,6-7,9,11-15H2,1H3/b21-2-. The average molecular weight is 413 g/mol. The molecule has 28 heavy (non-hydrogen) atoms. The monoisotopic (exact) mass is 412 g/mol. The van der Waals surface area contributed by atoms with Crippen molar-refractivity contribution in [3.63, 3.8) is 0 Å². The summed E-state index contributed by atoms with van der Waals surface area (Å²) < 4.78 is 0. The van der Waals surface area contributed by atoms with Crippen molar-refractivity contribution >= 4 is 33.0 Å². The molecule has 4 nitrogen and oxygen atoms in total. The summed E-state index contributed by atoms with van der Waals surface area (Å²) in [6, 6.07) is 10.4. The first-order valence-electron chi connectivity index (χ1n) is 9.99. The van der Waals surface area contributed by atoms with Crippen LogP contribution in [0.2, 0.25) is 0 Å². The summed E-state index contributed by atoms with van der Waals surface area (Å²) in [6.07, 6.45) is 8.91. The lowest BCUT2D eigenvalue weighted by atomic mass is 10.1. The molecule has 3 heterocycles. The minimum atomic E-state index is 0.777. The summed E-state index contributed by atoms with van der Waals surface area (Å²) in [7, 11) is 0. The highest BCUT2D eigenvalue weighted by Gasteiger charge is 2.12. The number of anilines is 1. The molecule has 0 radical (unpaired) electrons. The summed E-state index contributed by atoms with van der Waals surface area (Å²) in [4.78, 5) is 9.42. The van der Waals surface area contributed by atoms with E-state index in [1.807, 2.05) is 42.2 Å². The predicted molar refractivity (Wildman–Crippen MR) is 122 cm³/mol. The Morgan fingerprint density at radius 1 is 1.36 bits per heavy atom. The Bertz CT molecular complexity index is 802. The van der Waals surface area contributed by atoms with Crippen molar-refractivity contribution in [3.8, 4) is 6.07 Å². The molecule has 0 amide bonds. The molecular weight excluding hydrogens is 384 g/mol. The van der Waals surface area contributed by atoms with Crippen LogP contribution in [0.1, 0.15) is 42.3 Å². The second-order valence-electron chi connectivity index (χ2n) is 6.86. The fourth-order valence-electron chi connectivity index (χ4n) is 3.37. The van der Waals surface area contributed by atoms with Gasteiger partial charge < -0.3 is 10.2 Å². The van der Waals surface area contributed by atoms with Gasteiger partial charge in [0.2, 0.25) is 0 Å². The first kappa shape index (κ1) is 20.9. The summed E-state index contributed by atoms with van der Waals surface area (Å²) in [5, 5.41) is 14.0. The molecule has 0 aliphatic carbocycles. The summed E-state index contributed by atoms with van der Waals surface area (Å²) in [5.41, 5.74) is 1.80. The highest BCUT2D eigenvalue weighted by atomic mass is 32.2. The van der Waals surface area contributed by atoms with Crippen molar-refractivity contribution in [2.75, 3.05) is 37.2 Å². The minimum Gasteiger partial charge on any atom is -0.375 e. The molecule has 2 aromatic rings. The van der Waals surface area contributed by atoms with E-state index in [2.05, 4.69) is 34.3 Å². The number of pyridine rings is 1. The molecule has 148 valence electrons. The number of aryl methyl sites for hydroxylation is 1. The molecule has 0 bridgehead atoms. The molecule has 1 aliphatic heterocycles. The number of aromatic nitrogens is 1. The van der Waals surface area contributed by atoms with Crippen LogP contribution in [0.4, 0.5) is 5.00 Å². The Balaban J connectivity index is 1.48. The number of thioether (sulfide) groups is 1. The van der Waals surface area contributed by atoms with Crippen molar-refractivity contribution in [2.45, 2.75) is 32.6 Å². The first-order chi connectivity index (χ1) is 13.8. The topological polar surface area (TPSA) is 52.0 Å². The lowest BCUT2D eigenvalue weighted by molar-refractivity contribution is 0.237. The van der Waals surface area contributed by atoms with Crippen LogP contribution in [0, 0.1) is 11.3 Å². The van der Waals surface area contributed by atoms with Gasteiger partial charge in [-0.15, -0.1) is 23.1 Å². The van der Waals surface area contributed by atoms with E-state index in [9.17, 15) is 5.26 Å². The Morgan fingerprint density at radius 2 is 2.21 bits per heavy atom. The zero-order chi connectivity index (χ0) is 19.6. The first-order valence-corrected chi connectivity index (χ1v) is 11.8. The largest absolute Gasteiger partial charge is 0.375 e. The van der Waals surface area contributed by atoms with Crippen LogP contribution in [0.15, 0.2) is 36.5 Å². The molecule has 0 saturated carbocycles. The number of thiophene rings is 1. The maximum atomic E-state index is 9.46. The quantitative estimate of drug-likeness (QED) is 0.610. The maximum Gasteiger partial charge on any atom is 0.107 e. The van der Waals surface area contributed by atoms with Crippen LogP contribution in [0.25, 0.3) is 4.91 Å². The Hall–Kier alpha value is -1.81. The molecule has 1 N–H and O–H groups in total. The number of likely N-dealkylation sites (tertiary alicyclic amines) is 1. The van der Waals surface area contributed by atoms with Gasteiger partial charge in [-0.25, -0.2) is 0 Å². The maximum absolute atomic E-state index is 9.46. The fourth-order valence-corrected chi connectivity index (χ4v) is 5.50. The van der Waals surface area contributed by atoms with Crippen molar-refractivity contribution in [3.05, 3.63) is 52.7 Å². The lowest BCUT2D eigenvalue weighted by Crippen LogP contribution is -2.33. The predicted octanol–water partition coefficient (Wildman–Crippen LogP) is 5.25.